The van der Waals surface area contributed by atoms with Gasteiger partial charge in [-0.2, -0.15) is 11.8 Å². The molecule has 6 N–H and O–H groups in total. The smallest absolute Gasteiger partial charge is 0.323 e. The molecular formula is C24H28N4O3S. The van der Waals surface area contributed by atoms with Crippen LogP contribution >= 0.6 is 11.8 Å². The Morgan fingerprint density at radius 1 is 1.22 bits per heavy atom. The number of ketones is 1. The minimum Gasteiger partial charge on any atom is -0.460 e. The Bertz CT molecular complexity index is 1120. The van der Waals surface area contributed by atoms with Crippen LogP contribution in [0.15, 0.2) is 48.5 Å². The van der Waals surface area contributed by atoms with Crippen molar-refractivity contribution in [2.45, 2.75) is 37.7 Å². The molecule has 7 nitrogen and oxygen atoms in total. The fourth-order valence-corrected chi connectivity index (χ4v) is 4.53. The molecule has 1 aromatic heterocycles. The van der Waals surface area contributed by atoms with E-state index in [0.717, 1.165) is 33.5 Å². The number of ether oxygens (including phenoxy) is 1. The van der Waals surface area contributed by atoms with Gasteiger partial charge in [-0.3, -0.25) is 14.9 Å². The van der Waals surface area contributed by atoms with E-state index in [1.807, 2.05) is 48.7 Å². The highest BCUT2D eigenvalue weighted by Crippen LogP contribution is 2.31. The number of rotatable bonds is 8. The number of thioether (sulfide) groups is 1. The van der Waals surface area contributed by atoms with Crippen LogP contribution in [0.1, 0.15) is 39.8 Å². The summed E-state index contributed by atoms with van der Waals surface area (Å²) in [6, 6.07) is 14.0. The Hall–Kier alpha value is -2.65. The first-order valence-corrected chi connectivity index (χ1v) is 12.0. The molecule has 3 aromatic rings. The van der Waals surface area contributed by atoms with Crippen molar-refractivity contribution < 1.29 is 14.3 Å². The van der Waals surface area contributed by atoms with E-state index in [1.54, 1.807) is 17.8 Å². The van der Waals surface area contributed by atoms with Crippen LogP contribution in [-0.2, 0) is 22.6 Å². The molecule has 3 atom stereocenters. The zero-order valence-electron chi connectivity index (χ0n) is 18.0. The van der Waals surface area contributed by atoms with Crippen molar-refractivity contribution in [1.29, 1.82) is 0 Å². The maximum Gasteiger partial charge on any atom is 0.323 e. The summed E-state index contributed by atoms with van der Waals surface area (Å²) in [5, 5.41) is 4.02. The third kappa shape index (κ3) is 4.73. The highest BCUT2D eigenvalue weighted by atomic mass is 32.2. The van der Waals surface area contributed by atoms with Crippen molar-refractivity contribution in [3.05, 3.63) is 70.9 Å². The number of H-pyrrole nitrogens is 1. The molecule has 168 valence electrons. The van der Waals surface area contributed by atoms with E-state index in [4.69, 9.17) is 16.2 Å². The third-order valence-corrected chi connectivity index (χ3v) is 6.45. The molecule has 32 heavy (non-hydrogen) atoms. The summed E-state index contributed by atoms with van der Waals surface area (Å²) in [5.41, 5.74) is 16.5. The standard InChI is InChI=1S/C24H28N4O3S/c1-32-10-9-18(25)22(29)15-7-8-19-16(11-15)17-12-20(28-23(26)21(17)27-19)24(30)31-13-14-5-3-2-4-6-14/h2-8,11,18,20,23,27-28H,9-10,12-13,25-26H2,1H3. The summed E-state index contributed by atoms with van der Waals surface area (Å²) in [6.45, 7) is 0.209. The molecule has 4 rings (SSSR count). The second kappa shape index (κ2) is 9.87. The molecule has 0 spiro atoms. The number of Topliss-reactive ketones (excluding diaryl/α,β-unsaturated/α-hetero) is 1. The van der Waals surface area contributed by atoms with Crippen molar-refractivity contribution in [2.75, 3.05) is 12.0 Å². The van der Waals surface area contributed by atoms with Crippen molar-refractivity contribution in [1.82, 2.24) is 10.3 Å². The molecule has 0 amide bonds. The zero-order valence-corrected chi connectivity index (χ0v) is 18.8. The van der Waals surface area contributed by atoms with Crippen LogP contribution in [0, 0.1) is 0 Å². The zero-order chi connectivity index (χ0) is 22.7. The molecule has 0 bridgehead atoms. The lowest BCUT2D eigenvalue weighted by atomic mass is 9.95. The maximum absolute atomic E-state index is 12.8. The Morgan fingerprint density at radius 2 is 2.00 bits per heavy atom. The lowest BCUT2D eigenvalue weighted by Crippen LogP contribution is -2.48. The molecule has 2 aromatic carbocycles. The molecule has 1 aliphatic rings. The van der Waals surface area contributed by atoms with E-state index in [1.165, 1.54) is 0 Å². The van der Waals surface area contributed by atoms with Gasteiger partial charge in [0.05, 0.1) is 17.9 Å². The quantitative estimate of drug-likeness (QED) is 0.306. The van der Waals surface area contributed by atoms with E-state index in [2.05, 4.69) is 10.3 Å². The number of carbonyl (C=O) groups excluding carboxylic acids is 2. The number of hydrogen-bond donors (Lipinski definition) is 4. The monoisotopic (exact) mass is 452 g/mol. The average molecular weight is 453 g/mol. The third-order valence-electron chi connectivity index (χ3n) is 5.80. The maximum atomic E-state index is 12.8. The number of aromatic amines is 1. The number of nitrogens with two attached hydrogens (primary N) is 2. The summed E-state index contributed by atoms with van der Waals surface area (Å²) in [5.74, 6) is 0.408. The lowest BCUT2D eigenvalue weighted by molar-refractivity contribution is -0.148. The van der Waals surface area contributed by atoms with Gasteiger partial charge in [0.1, 0.15) is 12.6 Å². The summed E-state index contributed by atoms with van der Waals surface area (Å²) >= 11 is 1.67. The van der Waals surface area contributed by atoms with Gasteiger partial charge in [0.15, 0.2) is 5.78 Å². The second-order valence-corrected chi connectivity index (χ2v) is 9.01. The molecule has 0 saturated heterocycles. The number of hydrogen-bond acceptors (Lipinski definition) is 7. The van der Waals surface area contributed by atoms with Crippen LogP contribution in [0.4, 0.5) is 0 Å². The van der Waals surface area contributed by atoms with Crippen LogP contribution in [0.5, 0.6) is 0 Å². The minimum absolute atomic E-state index is 0.0760. The van der Waals surface area contributed by atoms with Crippen LogP contribution in [0.3, 0.4) is 0 Å². The number of benzene rings is 2. The van der Waals surface area contributed by atoms with Gasteiger partial charge < -0.3 is 21.2 Å². The van der Waals surface area contributed by atoms with Gasteiger partial charge in [-0.1, -0.05) is 30.3 Å². The minimum atomic E-state index is -0.566. The van der Waals surface area contributed by atoms with Crippen LogP contribution < -0.4 is 16.8 Å². The van der Waals surface area contributed by atoms with Crippen molar-refractivity contribution >= 4 is 34.4 Å². The predicted molar refractivity (Wildman–Crippen MR) is 127 cm³/mol. The Kier molecular flexibility index (Phi) is 6.95. The first-order valence-electron chi connectivity index (χ1n) is 10.6. The molecule has 3 unspecified atom stereocenters. The molecule has 2 heterocycles. The number of fused-ring (bicyclic) bond motifs is 3. The van der Waals surface area contributed by atoms with Gasteiger partial charge >= 0.3 is 5.97 Å². The van der Waals surface area contributed by atoms with Crippen LogP contribution in [-0.4, -0.2) is 40.8 Å². The van der Waals surface area contributed by atoms with E-state index in [9.17, 15) is 9.59 Å². The van der Waals surface area contributed by atoms with Crippen LogP contribution in [0.25, 0.3) is 10.9 Å². The Morgan fingerprint density at radius 3 is 2.75 bits per heavy atom. The summed E-state index contributed by atoms with van der Waals surface area (Å²) in [4.78, 5) is 28.8. The van der Waals surface area contributed by atoms with Crippen molar-refractivity contribution in [2.24, 2.45) is 11.5 Å². The fourth-order valence-electron chi connectivity index (χ4n) is 4.04. The number of aromatic nitrogens is 1. The first-order chi connectivity index (χ1) is 15.5. The molecule has 0 saturated carbocycles. The fraction of sp³-hybridized carbons (Fsp3) is 0.333. The molecule has 1 aliphatic heterocycles. The normalized spacial score (nSPS) is 18.8. The second-order valence-electron chi connectivity index (χ2n) is 8.02. The summed E-state index contributed by atoms with van der Waals surface area (Å²) < 4.78 is 5.51. The number of carbonyl (C=O) groups is 2. The number of nitrogens with one attached hydrogen (secondary N) is 2. The SMILES string of the molecule is CSCCC(N)C(=O)c1ccc2[nH]c3c(c2c1)CC(C(=O)OCc1ccccc1)NC3N. The van der Waals surface area contributed by atoms with Gasteiger partial charge in [-0.05, 0) is 47.8 Å². The van der Waals surface area contributed by atoms with Gasteiger partial charge in [0, 0.05) is 22.9 Å². The molecule has 0 aliphatic carbocycles. The first kappa shape index (κ1) is 22.5. The van der Waals surface area contributed by atoms with Crippen LogP contribution in [0.2, 0.25) is 0 Å². The van der Waals surface area contributed by atoms with E-state index < -0.39 is 18.2 Å². The predicted octanol–water partition coefficient (Wildman–Crippen LogP) is 2.65. The van der Waals surface area contributed by atoms with E-state index >= 15 is 0 Å². The highest BCUT2D eigenvalue weighted by Gasteiger charge is 2.32. The van der Waals surface area contributed by atoms with Gasteiger partial charge in [-0.15, -0.1) is 0 Å². The Balaban J connectivity index is 1.54. The van der Waals surface area contributed by atoms with Gasteiger partial charge in [0.2, 0.25) is 0 Å². The molecule has 0 radical (unpaired) electrons. The molecule has 0 fully saturated rings. The van der Waals surface area contributed by atoms with Crippen molar-refractivity contribution in [3.63, 3.8) is 0 Å². The highest BCUT2D eigenvalue weighted by molar-refractivity contribution is 7.98. The summed E-state index contributed by atoms with van der Waals surface area (Å²) in [6.07, 6.45) is 2.51. The largest absolute Gasteiger partial charge is 0.460 e. The van der Waals surface area contributed by atoms with Crippen molar-refractivity contribution in [3.8, 4) is 0 Å². The topological polar surface area (TPSA) is 123 Å². The lowest BCUT2D eigenvalue weighted by Gasteiger charge is -2.27. The molecule has 8 heteroatoms. The van der Waals surface area contributed by atoms with Gasteiger partial charge in [0.25, 0.3) is 0 Å². The average Bonchev–Trinajstić information content (AvgIpc) is 3.19. The van der Waals surface area contributed by atoms with E-state index in [0.29, 0.717) is 18.4 Å². The summed E-state index contributed by atoms with van der Waals surface area (Å²) in [7, 11) is 0. The Labute approximate surface area is 191 Å². The number of esters is 1. The van der Waals surface area contributed by atoms with Gasteiger partial charge in [-0.25, -0.2) is 0 Å². The van der Waals surface area contributed by atoms with E-state index in [-0.39, 0.29) is 18.4 Å². The molecular weight excluding hydrogens is 424 g/mol.